The van der Waals surface area contributed by atoms with Crippen LogP contribution in [-0.4, -0.2) is 29.2 Å². The number of nitrogens with two attached hydrogens (primary N) is 1. The first-order chi connectivity index (χ1) is 7.81. The van der Waals surface area contributed by atoms with E-state index >= 15 is 0 Å². The third-order valence-corrected chi connectivity index (χ3v) is 3.10. The van der Waals surface area contributed by atoms with Gasteiger partial charge in [-0.05, 0) is 30.9 Å². The molecule has 1 fully saturated rings. The molecule has 0 radical (unpaired) electrons. The molecule has 0 heterocycles. The van der Waals surface area contributed by atoms with Gasteiger partial charge in [0.2, 0.25) is 0 Å². The van der Waals surface area contributed by atoms with Crippen LogP contribution in [-0.2, 0) is 6.54 Å². The molecule has 0 aliphatic heterocycles. The SMILES string of the molecule is Nc1ccccc1CN(CCCO)C1CC1. The zero-order chi connectivity index (χ0) is 11.4. The van der Waals surface area contributed by atoms with Gasteiger partial charge < -0.3 is 10.8 Å². The lowest BCUT2D eigenvalue weighted by molar-refractivity contribution is 0.212. The molecule has 1 aliphatic rings. The summed E-state index contributed by atoms with van der Waals surface area (Å²) in [4.78, 5) is 2.43. The minimum absolute atomic E-state index is 0.271. The van der Waals surface area contributed by atoms with Crippen molar-refractivity contribution in [1.29, 1.82) is 0 Å². The molecule has 0 unspecified atom stereocenters. The van der Waals surface area contributed by atoms with Crippen LogP contribution in [0, 0.1) is 0 Å². The molecule has 3 heteroatoms. The summed E-state index contributed by atoms with van der Waals surface area (Å²) >= 11 is 0. The van der Waals surface area contributed by atoms with Gasteiger partial charge in [0.1, 0.15) is 0 Å². The predicted octanol–water partition coefficient (Wildman–Crippen LogP) is 1.62. The summed E-state index contributed by atoms with van der Waals surface area (Å²) in [5, 5.41) is 8.89. The molecule has 0 amide bonds. The van der Waals surface area contributed by atoms with Gasteiger partial charge in [0, 0.05) is 31.4 Å². The van der Waals surface area contributed by atoms with Crippen LogP contribution < -0.4 is 5.73 Å². The van der Waals surface area contributed by atoms with Crippen molar-refractivity contribution in [1.82, 2.24) is 4.90 Å². The van der Waals surface area contributed by atoms with E-state index in [2.05, 4.69) is 11.0 Å². The molecular weight excluding hydrogens is 200 g/mol. The van der Waals surface area contributed by atoms with Gasteiger partial charge in [-0.2, -0.15) is 0 Å². The van der Waals surface area contributed by atoms with Crippen molar-refractivity contribution in [2.75, 3.05) is 18.9 Å². The van der Waals surface area contributed by atoms with Gasteiger partial charge in [0.05, 0.1) is 0 Å². The van der Waals surface area contributed by atoms with Crippen molar-refractivity contribution in [3.8, 4) is 0 Å². The van der Waals surface area contributed by atoms with Crippen LogP contribution in [0.4, 0.5) is 5.69 Å². The Morgan fingerprint density at radius 1 is 1.31 bits per heavy atom. The monoisotopic (exact) mass is 220 g/mol. The van der Waals surface area contributed by atoms with E-state index in [1.165, 1.54) is 18.4 Å². The van der Waals surface area contributed by atoms with E-state index in [1.54, 1.807) is 0 Å². The van der Waals surface area contributed by atoms with Gasteiger partial charge in [0.25, 0.3) is 0 Å². The summed E-state index contributed by atoms with van der Waals surface area (Å²) in [6, 6.07) is 8.75. The molecule has 1 saturated carbocycles. The zero-order valence-electron chi connectivity index (χ0n) is 9.60. The van der Waals surface area contributed by atoms with Crippen LogP contribution in [0.5, 0.6) is 0 Å². The largest absolute Gasteiger partial charge is 0.398 e. The van der Waals surface area contributed by atoms with Gasteiger partial charge in [-0.15, -0.1) is 0 Å². The first kappa shape index (κ1) is 11.4. The molecular formula is C13H20N2O. The molecule has 0 spiro atoms. The van der Waals surface area contributed by atoms with Gasteiger partial charge in [-0.25, -0.2) is 0 Å². The van der Waals surface area contributed by atoms with Crippen LogP contribution in [0.25, 0.3) is 0 Å². The maximum absolute atomic E-state index is 8.89. The predicted molar refractivity (Wildman–Crippen MR) is 66.0 cm³/mol. The smallest absolute Gasteiger partial charge is 0.0443 e. The highest BCUT2D eigenvalue weighted by atomic mass is 16.3. The second kappa shape index (κ2) is 5.32. The Morgan fingerprint density at radius 3 is 2.69 bits per heavy atom. The van der Waals surface area contributed by atoms with Crippen molar-refractivity contribution in [2.24, 2.45) is 0 Å². The minimum atomic E-state index is 0.271. The Labute approximate surface area is 96.9 Å². The molecule has 88 valence electrons. The molecule has 3 N–H and O–H groups in total. The maximum atomic E-state index is 8.89. The number of para-hydroxylation sites is 1. The fraction of sp³-hybridized carbons (Fsp3) is 0.538. The Bertz CT molecular complexity index is 336. The van der Waals surface area contributed by atoms with Crippen LogP contribution in [0.2, 0.25) is 0 Å². The molecule has 2 rings (SSSR count). The molecule has 1 aliphatic carbocycles. The Morgan fingerprint density at radius 2 is 2.06 bits per heavy atom. The first-order valence-corrected chi connectivity index (χ1v) is 5.99. The summed E-state index contributed by atoms with van der Waals surface area (Å²) in [5.41, 5.74) is 8.02. The Kier molecular flexibility index (Phi) is 3.80. The van der Waals surface area contributed by atoms with E-state index < -0.39 is 0 Å². The average Bonchev–Trinajstić information content (AvgIpc) is 3.10. The molecule has 0 saturated heterocycles. The molecule has 0 aromatic heterocycles. The lowest BCUT2D eigenvalue weighted by Gasteiger charge is -2.22. The topological polar surface area (TPSA) is 49.5 Å². The van der Waals surface area contributed by atoms with E-state index in [9.17, 15) is 0 Å². The quantitative estimate of drug-likeness (QED) is 0.716. The van der Waals surface area contributed by atoms with E-state index in [0.29, 0.717) is 6.04 Å². The standard InChI is InChI=1S/C13H20N2O/c14-13-5-2-1-4-11(13)10-15(8-3-9-16)12-6-7-12/h1-2,4-5,12,16H,3,6-10,14H2. The number of nitrogens with zero attached hydrogens (tertiary/aromatic N) is 1. The van der Waals surface area contributed by atoms with Gasteiger partial charge in [-0.1, -0.05) is 18.2 Å². The molecule has 0 atom stereocenters. The highest BCUT2D eigenvalue weighted by Gasteiger charge is 2.28. The second-order valence-electron chi connectivity index (χ2n) is 4.48. The average molecular weight is 220 g/mol. The lowest BCUT2D eigenvalue weighted by Crippen LogP contribution is -2.27. The summed E-state index contributed by atoms with van der Waals surface area (Å²) in [6.45, 7) is 2.15. The normalized spacial score (nSPS) is 15.6. The van der Waals surface area contributed by atoms with Gasteiger partial charge in [0.15, 0.2) is 0 Å². The number of anilines is 1. The van der Waals surface area contributed by atoms with E-state index in [0.717, 1.165) is 25.2 Å². The van der Waals surface area contributed by atoms with E-state index in [4.69, 9.17) is 10.8 Å². The third-order valence-electron chi connectivity index (χ3n) is 3.10. The van der Waals surface area contributed by atoms with Gasteiger partial charge >= 0.3 is 0 Å². The fourth-order valence-corrected chi connectivity index (χ4v) is 2.00. The second-order valence-corrected chi connectivity index (χ2v) is 4.48. The van der Waals surface area contributed by atoms with Gasteiger partial charge in [-0.3, -0.25) is 4.90 Å². The minimum Gasteiger partial charge on any atom is -0.398 e. The molecule has 16 heavy (non-hydrogen) atoms. The molecule has 1 aromatic carbocycles. The molecule has 0 bridgehead atoms. The summed E-state index contributed by atoms with van der Waals surface area (Å²) in [6.07, 6.45) is 3.43. The number of rotatable bonds is 6. The first-order valence-electron chi connectivity index (χ1n) is 5.99. The zero-order valence-corrected chi connectivity index (χ0v) is 9.60. The Hall–Kier alpha value is -1.06. The highest BCUT2D eigenvalue weighted by molar-refractivity contribution is 5.46. The van der Waals surface area contributed by atoms with E-state index in [1.807, 2.05) is 18.2 Å². The van der Waals surface area contributed by atoms with Crippen LogP contribution in [0.1, 0.15) is 24.8 Å². The summed E-state index contributed by atoms with van der Waals surface area (Å²) in [7, 11) is 0. The number of hydrogen-bond acceptors (Lipinski definition) is 3. The fourth-order valence-electron chi connectivity index (χ4n) is 2.00. The highest BCUT2D eigenvalue weighted by Crippen LogP contribution is 2.29. The molecule has 3 nitrogen and oxygen atoms in total. The number of aliphatic hydroxyl groups is 1. The van der Waals surface area contributed by atoms with Crippen molar-refractivity contribution in [3.05, 3.63) is 29.8 Å². The van der Waals surface area contributed by atoms with E-state index in [-0.39, 0.29) is 6.61 Å². The number of benzene rings is 1. The van der Waals surface area contributed by atoms with Crippen LogP contribution in [0.15, 0.2) is 24.3 Å². The molecule has 1 aromatic rings. The Balaban J connectivity index is 1.97. The number of aliphatic hydroxyl groups excluding tert-OH is 1. The van der Waals surface area contributed by atoms with Crippen molar-refractivity contribution in [2.45, 2.75) is 31.8 Å². The summed E-state index contributed by atoms with van der Waals surface area (Å²) in [5.74, 6) is 0. The number of nitrogen functional groups attached to an aromatic ring is 1. The van der Waals surface area contributed by atoms with Crippen LogP contribution in [0.3, 0.4) is 0 Å². The number of hydrogen-bond donors (Lipinski definition) is 2. The van der Waals surface area contributed by atoms with Crippen molar-refractivity contribution >= 4 is 5.69 Å². The third kappa shape index (κ3) is 2.97. The summed E-state index contributed by atoms with van der Waals surface area (Å²) < 4.78 is 0. The van der Waals surface area contributed by atoms with Crippen LogP contribution >= 0.6 is 0 Å². The van der Waals surface area contributed by atoms with Crippen molar-refractivity contribution < 1.29 is 5.11 Å². The maximum Gasteiger partial charge on any atom is 0.0443 e. The van der Waals surface area contributed by atoms with Crippen molar-refractivity contribution in [3.63, 3.8) is 0 Å². The lowest BCUT2D eigenvalue weighted by atomic mass is 10.1.